The number of benzene rings is 2. The van der Waals surface area contributed by atoms with Crippen molar-refractivity contribution >= 4 is 21.4 Å². The smallest absolute Gasteiger partial charge is 0.264 e. The van der Waals surface area contributed by atoms with Gasteiger partial charge in [0.25, 0.3) is 10.0 Å². The first-order valence-corrected chi connectivity index (χ1v) is 6.91. The minimum absolute atomic E-state index is 0.302. The quantitative estimate of drug-likeness (QED) is 0.674. The van der Waals surface area contributed by atoms with Gasteiger partial charge in [0.05, 0.1) is 11.4 Å². The largest absolute Gasteiger partial charge is 0.396 e. The SMILES string of the molecule is Nc1cc(S(=O)(=O)Nc2cc(F)cc(F)c2)c(F)cc1F. The van der Waals surface area contributed by atoms with Crippen LogP contribution in [0.1, 0.15) is 0 Å². The first kappa shape index (κ1) is 15.1. The van der Waals surface area contributed by atoms with Gasteiger partial charge in [0, 0.05) is 12.1 Å². The Hall–Kier alpha value is -2.29. The zero-order valence-corrected chi connectivity index (χ0v) is 11.0. The monoisotopic (exact) mass is 320 g/mol. The number of hydrogen-bond donors (Lipinski definition) is 2. The van der Waals surface area contributed by atoms with Crippen LogP contribution < -0.4 is 10.5 Å². The van der Waals surface area contributed by atoms with E-state index in [4.69, 9.17) is 5.73 Å². The molecule has 3 N–H and O–H groups in total. The molecule has 0 saturated carbocycles. The molecule has 112 valence electrons. The molecule has 0 radical (unpaired) electrons. The molecule has 2 aromatic carbocycles. The zero-order chi connectivity index (χ0) is 15.8. The Morgan fingerprint density at radius 1 is 0.857 bits per heavy atom. The van der Waals surface area contributed by atoms with Crippen LogP contribution in [0.25, 0.3) is 0 Å². The van der Waals surface area contributed by atoms with Crippen molar-refractivity contribution in [1.82, 2.24) is 0 Å². The molecule has 0 spiro atoms. The molecule has 9 heteroatoms. The van der Waals surface area contributed by atoms with Gasteiger partial charge < -0.3 is 5.73 Å². The van der Waals surface area contributed by atoms with Crippen LogP contribution in [0, 0.1) is 23.3 Å². The van der Waals surface area contributed by atoms with Gasteiger partial charge in [0.1, 0.15) is 28.2 Å². The van der Waals surface area contributed by atoms with Crippen LogP contribution >= 0.6 is 0 Å². The first-order chi connectivity index (χ1) is 9.69. The van der Waals surface area contributed by atoms with Gasteiger partial charge >= 0.3 is 0 Å². The summed E-state index contributed by atoms with van der Waals surface area (Å²) in [7, 11) is -4.52. The van der Waals surface area contributed by atoms with E-state index in [1.165, 1.54) is 0 Å². The fourth-order valence-electron chi connectivity index (χ4n) is 1.57. The first-order valence-electron chi connectivity index (χ1n) is 5.42. The van der Waals surface area contributed by atoms with E-state index in [0.717, 1.165) is 0 Å². The Morgan fingerprint density at radius 2 is 1.43 bits per heavy atom. The molecule has 0 aliphatic carbocycles. The van der Waals surface area contributed by atoms with E-state index in [-0.39, 0.29) is 0 Å². The summed E-state index contributed by atoms with van der Waals surface area (Å²) < 4.78 is 78.1. The van der Waals surface area contributed by atoms with Crippen LogP contribution in [0.2, 0.25) is 0 Å². The molecule has 0 aromatic heterocycles. The molecule has 0 heterocycles. The Morgan fingerprint density at radius 3 is 2.00 bits per heavy atom. The summed E-state index contributed by atoms with van der Waals surface area (Å²) in [6.45, 7) is 0. The highest BCUT2D eigenvalue weighted by Gasteiger charge is 2.22. The van der Waals surface area contributed by atoms with Crippen molar-refractivity contribution in [2.24, 2.45) is 0 Å². The van der Waals surface area contributed by atoms with E-state index in [9.17, 15) is 26.0 Å². The molecule has 2 aromatic rings. The van der Waals surface area contributed by atoms with Crippen LogP contribution in [0.5, 0.6) is 0 Å². The van der Waals surface area contributed by atoms with E-state index >= 15 is 0 Å². The Balaban J connectivity index is 2.45. The minimum Gasteiger partial charge on any atom is -0.396 e. The van der Waals surface area contributed by atoms with E-state index < -0.39 is 49.6 Å². The number of nitrogen functional groups attached to an aromatic ring is 1. The molecule has 4 nitrogen and oxygen atoms in total. The molecular formula is C12H8F4N2O2S. The summed E-state index contributed by atoms with van der Waals surface area (Å²) in [4.78, 5) is -0.939. The predicted octanol–water partition coefficient (Wildman–Crippen LogP) is 2.63. The molecular weight excluding hydrogens is 312 g/mol. The summed E-state index contributed by atoms with van der Waals surface area (Å²) in [6, 6.07) is 2.81. The average molecular weight is 320 g/mol. The lowest BCUT2D eigenvalue weighted by atomic mass is 10.3. The fourth-order valence-corrected chi connectivity index (χ4v) is 2.71. The second-order valence-electron chi connectivity index (χ2n) is 4.07. The van der Waals surface area contributed by atoms with Gasteiger partial charge in [-0.15, -0.1) is 0 Å². The highest BCUT2D eigenvalue weighted by Crippen LogP contribution is 2.24. The Bertz CT molecular complexity index is 789. The number of hydrogen-bond acceptors (Lipinski definition) is 3. The van der Waals surface area contributed by atoms with E-state index in [1.807, 2.05) is 0 Å². The van der Waals surface area contributed by atoms with Gasteiger partial charge in [-0.25, -0.2) is 26.0 Å². The van der Waals surface area contributed by atoms with E-state index in [0.29, 0.717) is 30.3 Å². The van der Waals surface area contributed by atoms with Gasteiger partial charge in [0.2, 0.25) is 0 Å². The zero-order valence-electron chi connectivity index (χ0n) is 10.2. The summed E-state index contributed by atoms with van der Waals surface area (Å²) in [5.41, 5.74) is 4.14. The van der Waals surface area contributed by atoms with Crippen molar-refractivity contribution in [2.45, 2.75) is 4.90 Å². The molecule has 0 atom stereocenters. The van der Waals surface area contributed by atoms with Gasteiger partial charge in [-0.05, 0) is 18.2 Å². The maximum absolute atomic E-state index is 13.5. The molecule has 0 bridgehead atoms. The third-order valence-electron chi connectivity index (χ3n) is 2.46. The van der Waals surface area contributed by atoms with Crippen molar-refractivity contribution in [3.63, 3.8) is 0 Å². The van der Waals surface area contributed by atoms with Crippen LogP contribution in [0.4, 0.5) is 28.9 Å². The van der Waals surface area contributed by atoms with Crippen LogP contribution in [-0.4, -0.2) is 8.42 Å². The average Bonchev–Trinajstić information content (AvgIpc) is 2.31. The highest BCUT2D eigenvalue weighted by molar-refractivity contribution is 7.92. The molecule has 0 saturated heterocycles. The second kappa shape index (κ2) is 5.24. The molecule has 0 aliphatic rings. The van der Waals surface area contributed by atoms with Crippen molar-refractivity contribution in [2.75, 3.05) is 10.5 Å². The molecule has 0 fully saturated rings. The molecule has 2 rings (SSSR count). The molecule has 0 unspecified atom stereocenters. The number of nitrogens with one attached hydrogen (secondary N) is 1. The Kier molecular flexibility index (Phi) is 3.77. The summed E-state index contributed by atoms with van der Waals surface area (Å²) in [6.07, 6.45) is 0. The number of rotatable bonds is 3. The van der Waals surface area contributed by atoms with Crippen LogP contribution in [0.3, 0.4) is 0 Å². The van der Waals surface area contributed by atoms with Crippen molar-refractivity contribution in [3.05, 3.63) is 53.6 Å². The summed E-state index contributed by atoms with van der Waals surface area (Å²) >= 11 is 0. The fraction of sp³-hybridized carbons (Fsp3) is 0. The van der Waals surface area contributed by atoms with Crippen molar-refractivity contribution in [3.8, 4) is 0 Å². The minimum atomic E-state index is -4.52. The van der Waals surface area contributed by atoms with Crippen LogP contribution in [-0.2, 0) is 10.0 Å². The van der Waals surface area contributed by atoms with Crippen molar-refractivity contribution < 1.29 is 26.0 Å². The number of sulfonamides is 1. The lowest BCUT2D eigenvalue weighted by Gasteiger charge is -2.10. The third-order valence-corrected chi connectivity index (χ3v) is 3.85. The summed E-state index contributed by atoms with van der Waals surface area (Å²) in [5, 5.41) is 0. The number of anilines is 2. The molecule has 21 heavy (non-hydrogen) atoms. The number of halogens is 4. The lowest BCUT2D eigenvalue weighted by Crippen LogP contribution is -2.15. The van der Waals surface area contributed by atoms with Crippen LogP contribution in [0.15, 0.2) is 35.2 Å². The van der Waals surface area contributed by atoms with Gasteiger partial charge in [0.15, 0.2) is 0 Å². The summed E-state index contributed by atoms with van der Waals surface area (Å²) in [5.74, 6) is -4.55. The van der Waals surface area contributed by atoms with Crippen molar-refractivity contribution in [1.29, 1.82) is 0 Å². The maximum atomic E-state index is 13.5. The Labute approximate surface area is 117 Å². The topological polar surface area (TPSA) is 72.2 Å². The highest BCUT2D eigenvalue weighted by atomic mass is 32.2. The predicted molar refractivity (Wildman–Crippen MR) is 67.9 cm³/mol. The van der Waals surface area contributed by atoms with Gasteiger partial charge in [-0.1, -0.05) is 0 Å². The maximum Gasteiger partial charge on any atom is 0.264 e. The lowest BCUT2D eigenvalue weighted by molar-refractivity contribution is 0.553. The molecule has 0 aliphatic heterocycles. The van der Waals surface area contributed by atoms with Gasteiger partial charge in [-0.2, -0.15) is 0 Å². The van der Waals surface area contributed by atoms with E-state index in [2.05, 4.69) is 0 Å². The normalized spacial score (nSPS) is 11.4. The third kappa shape index (κ3) is 3.24. The molecule has 0 amide bonds. The second-order valence-corrected chi connectivity index (χ2v) is 5.72. The van der Waals surface area contributed by atoms with E-state index in [1.54, 1.807) is 4.72 Å². The number of nitrogens with two attached hydrogens (primary N) is 1. The standard InChI is InChI=1S/C12H8F4N2O2S/c13-6-1-7(14)3-8(2-6)18-21(19,20)12-5-11(17)9(15)4-10(12)16/h1-5,18H,17H2. The van der Waals surface area contributed by atoms with Gasteiger partial charge in [-0.3, -0.25) is 4.72 Å².